The highest BCUT2D eigenvalue weighted by Gasteiger charge is 2.19. The van der Waals surface area contributed by atoms with Crippen LogP contribution in [-0.2, 0) is 4.79 Å². The van der Waals surface area contributed by atoms with Crippen LogP contribution in [0.5, 0.6) is 0 Å². The van der Waals surface area contributed by atoms with Gasteiger partial charge in [0.1, 0.15) is 0 Å². The molecule has 4 heteroatoms. The van der Waals surface area contributed by atoms with Crippen LogP contribution in [0.3, 0.4) is 0 Å². The monoisotopic (exact) mass is 282 g/mol. The number of hydrogen-bond donors (Lipinski definition) is 2. The highest BCUT2D eigenvalue weighted by Crippen LogP contribution is 2.25. The first-order valence-corrected chi connectivity index (χ1v) is 7.75. The quantitative estimate of drug-likeness (QED) is 0.840. The normalized spacial score (nSPS) is 13.6. The molecule has 0 saturated carbocycles. The lowest BCUT2D eigenvalue weighted by Crippen LogP contribution is -2.39. The number of thiophene rings is 1. The fourth-order valence-electron chi connectivity index (χ4n) is 1.83. The van der Waals surface area contributed by atoms with E-state index in [4.69, 9.17) is 0 Å². The first-order chi connectivity index (χ1) is 8.79. The van der Waals surface area contributed by atoms with Crippen molar-refractivity contribution in [2.24, 2.45) is 5.92 Å². The van der Waals surface area contributed by atoms with Gasteiger partial charge in [-0.25, -0.2) is 0 Å². The Bertz CT molecular complexity index is 379. The minimum absolute atomic E-state index is 0.0610. The van der Waals surface area contributed by atoms with E-state index < -0.39 is 0 Å². The average Bonchev–Trinajstić information content (AvgIpc) is 2.76. The Morgan fingerprint density at radius 1 is 1.37 bits per heavy atom. The molecule has 0 spiro atoms. The van der Waals surface area contributed by atoms with Gasteiger partial charge in [-0.2, -0.15) is 0 Å². The molecule has 1 unspecified atom stereocenters. The van der Waals surface area contributed by atoms with E-state index in [1.165, 1.54) is 4.88 Å². The van der Waals surface area contributed by atoms with Gasteiger partial charge in [-0.15, -0.1) is 11.3 Å². The van der Waals surface area contributed by atoms with Crippen molar-refractivity contribution in [3.8, 4) is 0 Å². The smallest absolute Gasteiger partial charge is 0.221 e. The summed E-state index contributed by atoms with van der Waals surface area (Å²) in [6, 6.07) is 4.24. The molecule has 0 fully saturated rings. The van der Waals surface area contributed by atoms with Crippen molar-refractivity contribution >= 4 is 17.2 Å². The summed E-state index contributed by atoms with van der Waals surface area (Å²) in [4.78, 5) is 13.2. The van der Waals surface area contributed by atoms with Gasteiger partial charge in [0.25, 0.3) is 0 Å². The summed E-state index contributed by atoms with van der Waals surface area (Å²) < 4.78 is 0. The number of amides is 1. The maximum atomic E-state index is 12.0. The van der Waals surface area contributed by atoms with Crippen molar-refractivity contribution in [3.63, 3.8) is 0 Å². The van der Waals surface area contributed by atoms with Crippen LogP contribution >= 0.6 is 11.3 Å². The SMILES string of the molecule is CC(C)C(NC(=O)CCNC(C)(C)C)c1cccs1. The van der Waals surface area contributed by atoms with Gasteiger partial charge in [-0.3, -0.25) is 4.79 Å². The standard InChI is InChI=1S/C15H26N2OS/c1-11(2)14(12-7-6-10-19-12)17-13(18)8-9-16-15(3,4)5/h6-7,10-11,14,16H,8-9H2,1-5H3,(H,17,18). The molecule has 1 amide bonds. The number of hydrogen-bond acceptors (Lipinski definition) is 3. The molecule has 0 aliphatic heterocycles. The number of carbonyl (C=O) groups is 1. The van der Waals surface area contributed by atoms with Crippen LogP contribution in [0.4, 0.5) is 0 Å². The third-order valence-corrected chi connectivity index (χ3v) is 3.80. The molecular formula is C15H26N2OS. The Labute approximate surface area is 120 Å². The van der Waals surface area contributed by atoms with Crippen molar-refractivity contribution in [2.75, 3.05) is 6.54 Å². The van der Waals surface area contributed by atoms with Crippen LogP contribution in [0.15, 0.2) is 17.5 Å². The van der Waals surface area contributed by atoms with Crippen LogP contribution in [0, 0.1) is 5.92 Å². The predicted molar refractivity (Wildman–Crippen MR) is 82.4 cm³/mol. The van der Waals surface area contributed by atoms with Gasteiger partial charge in [0.2, 0.25) is 5.91 Å². The van der Waals surface area contributed by atoms with Gasteiger partial charge < -0.3 is 10.6 Å². The predicted octanol–water partition coefficient (Wildman–Crippen LogP) is 3.34. The van der Waals surface area contributed by atoms with Crippen molar-refractivity contribution in [3.05, 3.63) is 22.4 Å². The summed E-state index contributed by atoms with van der Waals surface area (Å²) >= 11 is 1.70. The lowest BCUT2D eigenvalue weighted by atomic mass is 10.0. The molecule has 1 rings (SSSR count). The summed E-state index contributed by atoms with van der Waals surface area (Å²) in [5, 5.41) is 8.52. The molecule has 1 aromatic rings. The van der Waals surface area contributed by atoms with Crippen LogP contribution in [0.1, 0.15) is 52.0 Å². The molecule has 0 saturated heterocycles. The Kier molecular flexibility index (Phi) is 6.01. The summed E-state index contributed by atoms with van der Waals surface area (Å²) in [5.74, 6) is 0.516. The molecule has 0 radical (unpaired) electrons. The Morgan fingerprint density at radius 2 is 2.05 bits per heavy atom. The van der Waals surface area contributed by atoms with E-state index in [2.05, 4.69) is 56.7 Å². The molecule has 1 heterocycles. The molecule has 1 aromatic heterocycles. The van der Waals surface area contributed by atoms with Gasteiger partial charge in [0, 0.05) is 23.4 Å². The maximum Gasteiger partial charge on any atom is 0.221 e. The Morgan fingerprint density at radius 3 is 2.53 bits per heavy atom. The summed E-state index contributed by atoms with van der Waals surface area (Å²) in [5.41, 5.74) is 0.0610. The van der Waals surface area contributed by atoms with Gasteiger partial charge >= 0.3 is 0 Å². The highest BCUT2D eigenvalue weighted by molar-refractivity contribution is 7.10. The van der Waals surface area contributed by atoms with E-state index in [1.54, 1.807) is 11.3 Å². The molecule has 19 heavy (non-hydrogen) atoms. The number of carbonyl (C=O) groups excluding carboxylic acids is 1. The molecule has 0 aliphatic rings. The van der Waals surface area contributed by atoms with E-state index in [-0.39, 0.29) is 17.5 Å². The highest BCUT2D eigenvalue weighted by atomic mass is 32.1. The Hall–Kier alpha value is -0.870. The fourth-order valence-corrected chi connectivity index (χ4v) is 2.78. The lowest BCUT2D eigenvalue weighted by molar-refractivity contribution is -0.122. The fraction of sp³-hybridized carbons (Fsp3) is 0.667. The second-order valence-corrected chi connectivity index (χ2v) is 7.21. The minimum atomic E-state index is 0.0610. The zero-order chi connectivity index (χ0) is 14.5. The van der Waals surface area contributed by atoms with Crippen LogP contribution in [0.25, 0.3) is 0 Å². The Balaban J connectivity index is 2.45. The second-order valence-electron chi connectivity index (χ2n) is 6.23. The molecule has 0 bridgehead atoms. The molecule has 0 aliphatic carbocycles. The van der Waals surface area contributed by atoms with E-state index in [1.807, 2.05) is 6.07 Å². The van der Waals surface area contributed by atoms with E-state index in [0.29, 0.717) is 18.9 Å². The summed E-state index contributed by atoms with van der Waals surface area (Å²) in [7, 11) is 0. The van der Waals surface area contributed by atoms with Gasteiger partial charge in [0.15, 0.2) is 0 Å². The third-order valence-electron chi connectivity index (χ3n) is 2.84. The van der Waals surface area contributed by atoms with E-state index >= 15 is 0 Å². The van der Waals surface area contributed by atoms with Crippen LogP contribution in [-0.4, -0.2) is 18.0 Å². The minimum Gasteiger partial charge on any atom is -0.348 e. The first kappa shape index (κ1) is 16.2. The van der Waals surface area contributed by atoms with Gasteiger partial charge in [0.05, 0.1) is 6.04 Å². The number of nitrogens with one attached hydrogen (secondary N) is 2. The van der Waals surface area contributed by atoms with Crippen molar-refractivity contribution < 1.29 is 4.79 Å². The van der Waals surface area contributed by atoms with Crippen LogP contribution in [0.2, 0.25) is 0 Å². The van der Waals surface area contributed by atoms with E-state index in [0.717, 1.165) is 0 Å². The molecule has 3 nitrogen and oxygen atoms in total. The zero-order valence-electron chi connectivity index (χ0n) is 12.6. The summed E-state index contributed by atoms with van der Waals surface area (Å²) in [6.07, 6.45) is 0.520. The molecule has 2 N–H and O–H groups in total. The van der Waals surface area contributed by atoms with Gasteiger partial charge in [-0.05, 0) is 38.1 Å². The molecule has 108 valence electrons. The van der Waals surface area contributed by atoms with Crippen molar-refractivity contribution in [1.82, 2.24) is 10.6 Å². The zero-order valence-corrected chi connectivity index (χ0v) is 13.4. The van der Waals surface area contributed by atoms with Crippen molar-refractivity contribution in [2.45, 2.75) is 52.6 Å². The first-order valence-electron chi connectivity index (χ1n) is 6.87. The molecular weight excluding hydrogens is 256 g/mol. The van der Waals surface area contributed by atoms with Gasteiger partial charge in [-0.1, -0.05) is 19.9 Å². The topological polar surface area (TPSA) is 41.1 Å². The molecule has 1 atom stereocenters. The molecule has 0 aromatic carbocycles. The van der Waals surface area contributed by atoms with E-state index in [9.17, 15) is 4.79 Å². The average molecular weight is 282 g/mol. The van der Waals surface area contributed by atoms with Crippen molar-refractivity contribution in [1.29, 1.82) is 0 Å². The largest absolute Gasteiger partial charge is 0.348 e. The maximum absolute atomic E-state index is 12.0. The number of rotatable bonds is 6. The second kappa shape index (κ2) is 7.06. The lowest BCUT2D eigenvalue weighted by Gasteiger charge is -2.23. The third kappa shape index (κ3) is 6.21. The summed E-state index contributed by atoms with van der Waals surface area (Å²) in [6.45, 7) is 11.3. The van der Waals surface area contributed by atoms with Crippen LogP contribution < -0.4 is 10.6 Å².